The van der Waals surface area contributed by atoms with Gasteiger partial charge in [0.2, 0.25) is 0 Å². The first-order valence-corrected chi connectivity index (χ1v) is 7.50. The fourth-order valence-corrected chi connectivity index (χ4v) is 2.70. The van der Waals surface area contributed by atoms with Crippen LogP contribution in [0.15, 0.2) is 35.7 Å². The van der Waals surface area contributed by atoms with Crippen LogP contribution in [-0.2, 0) is 12.8 Å². The van der Waals surface area contributed by atoms with E-state index < -0.39 is 4.92 Å². The van der Waals surface area contributed by atoms with Crippen molar-refractivity contribution in [3.8, 4) is 5.75 Å². The van der Waals surface area contributed by atoms with Gasteiger partial charge in [-0.05, 0) is 19.9 Å². The van der Waals surface area contributed by atoms with E-state index in [0.717, 1.165) is 10.7 Å². The van der Waals surface area contributed by atoms with Crippen molar-refractivity contribution < 1.29 is 9.66 Å². The number of nitro benzene ring substituents is 1. The number of rotatable bonds is 6. The first-order chi connectivity index (χ1) is 9.97. The second-order valence-electron chi connectivity index (χ2n) is 4.83. The molecule has 1 aromatic heterocycles. The highest BCUT2D eigenvalue weighted by Gasteiger charge is 2.14. The second kappa shape index (κ2) is 6.62. The van der Waals surface area contributed by atoms with Crippen LogP contribution in [0.25, 0.3) is 0 Å². The van der Waals surface area contributed by atoms with E-state index >= 15 is 0 Å². The van der Waals surface area contributed by atoms with Crippen molar-refractivity contribution in [1.82, 2.24) is 9.55 Å². The molecule has 2 aromatic rings. The Morgan fingerprint density at radius 3 is 2.81 bits per heavy atom. The maximum Gasteiger partial charge on any atom is 0.270 e. The molecule has 0 saturated carbocycles. The number of aryl methyl sites for hydroxylation is 1. The quantitative estimate of drug-likeness (QED) is 0.464. The van der Waals surface area contributed by atoms with Gasteiger partial charge in [0.05, 0.1) is 11.0 Å². The highest BCUT2D eigenvalue weighted by molar-refractivity contribution is 7.98. The molecule has 0 saturated heterocycles. The minimum atomic E-state index is -0.395. The predicted molar refractivity (Wildman–Crippen MR) is 81.6 cm³/mol. The standard InChI is InChI=1S/C14H17N3O3S/c1-10(2)20-13-5-4-12(17(18)19)8-11(13)9-21-14-15-6-7-16(14)3/h4-8,10H,9H2,1-3H3. The third kappa shape index (κ3) is 3.98. The van der Waals surface area contributed by atoms with E-state index in [1.54, 1.807) is 18.3 Å². The van der Waals surface area contributed by atoms with Gasteiger partial charge in [-0.25, -0.2) is 4.98 Å². The molecule has 0 bridgehead atoms. The Morgan fingerprint density at radius 1 is 1.48 bits per heavy atom. The molecule has 0 amide bonds. The molecule has 1 heterocycles. The van der Waals surface area contributed by atoms with Gasteiger partial charge in [0, 0.05) is 42.9 Å². The Hall–Kier alpha value is -2.02. The molecule has 112 valence electrons. The van der Waals surface area contributed by atoms with Crippen LogP contribution in [0.1, 0.15) is 19.4 Å². The summed E-state index contributed by atoms with van der Waals surface area (Å²) >= 11 is 1.52. The second-order valence-corrected chi connectivity index (χ2v) is 5.77. The molecule has 0 unspecified atom stereocenters. The van der Waals surface area contributed by atoms with Crippen molar-refractivity contribution in [3.05, 3.63) is 46.3 Å². The van der Waals surface area contributed by atoms with Gasteiger partial charge in [-0.2, -0.15) is 0 Å². The highest BCUT2D eigenvalue weighted by Crippen LogP contribution is 2.30. The van der Waals surface area contributed by atoms with Crippen LogP contribution in [-0.4, -0.2) is 20.6 Å². The first-order valence-electron chi connectivity index (χ1n) is 6.51. The molecular weight excluding hydrogens is 290 g/mol. The summed E-state index contributed by atoms with van der Waals surface area (Å²) in [5, 5.41) is 11.8. The Labute approximate surface area is 127 Å². The number of benzene rings is 1. The van der Waals surface area contributed by atoms with E-state index in [1.807, 2.05) is 31.7 Å². The Bertz CT molecular complexity index is 640. The fourth-order valence-electron chi connectivity index (χ4n) is 1.79. The van der Waals surface area contributed by atoms with Crippen molar-refractivity contribution in [2.75, 3.05) is 0 Å². The number of imidazole rings is 1. The van der Waals surface area contributed by atoms with Crippen molar-refractivity contribution in [1.29, 1.82) is 0 Å². The van der Waals surface area contributed by atoms with Gasteiger partial charge >= 0.3 is 0 Å². The maximum absolute atomic E-state index is 10.9. The van der Waals surface area contributed by atoms with E-state index in [1.165, 1.54) is 17.8 Å². The van der Waals surface area contributed by atoms with E-state index in [9.17, 15) is 10.1 Å². The van der Waals surface area contributed by atoms with Gasteiger partial charge in [-0.3, -0.25) is 10.1 Å². The van der Waals surface area contributed by atoms with Crippen LogP contribution in [0.2, 0.25) is 0 Å². The lowest BCUT2D eigenvalue weighted by atomic mass is 10.2. The Morgan fingerprint density at radius 2 is 2.24 bits per heavy atom. The number of hydrogen-bond acceptors (Lipinski definition) is 5. The molecule has 0 radical (unpaired) electrons. The van der Waals surface area contributed by atoms with Crippen LogP contribution < -0.4 is 4.74 Å². The highest BCUT2D eigenvalue weighted by atomic mass is 32.2. The molecule has 6 nitrogen and oxygen atoms in total. The third-order valence-corrected chi connectivity index (χ3v) is 3.86. The fraction of sp³-hybridized carbons (Fsp3) is 0.357. The van der Waals surface area contributed by atoms with Crippen LogP contribution in [0, 0.1) is 10.1 Å². The van der Waals surface area contributed by atoms with E-state index in [4.69, 9.17) is 4.74 Å². The molecule has 1 aromatic carbocycles. The van der Waals surface area contributed by atoms with Crippen LogP contribution in [0.5, 0.6) is 5.75 Å². The van der Waals surface area contributed by atoms with Crippen LogP contribution >= 0.6 is 11.8 Å². The molecule has 0 aliphatic heterocycles. The third-order valence-electron chi connectivity index (χ3n) is 2.75. The predicted octanol–water partition coefficient (Wildman–Crippen LogP) is 3.41. The van der Waals surface area contributed by atoms with Crippen molar-refractivity contribution in [2.45, 2.75) is 30.9 Å². The average Bonchev–Trinajstić information content (AvgIpc) is 2.82. The summed E-state index contributed by atoms with van der Waals surface area (Å²) in [5.41, 5.74) is 0.868. The van der Waals surface area contributed by atoms with Crippen molar-refractivity contribution in [3.63, 3.8) is 0 Å². The molecular formula is C14H17N3O3S. The summed E-state index contributed by atoms with van der Waals surface area (Å²) in [4.78, 5) is 14.8. The molecule has 0 aliphatic carbocycles. The number of non-ortho nitro benzene ring substituents is 1. The summed E-state index contributed by atoms with van der Waals surface area (Å²) < 4.78 is 7.62. The Kier molecular flexibility index (Phi) is 4.85. The molecule has 0 aliphatic rings. The van der Waals surface area contributed by atoms with E-state index in [0.29, 0.717) is 11.5 Å². The largest absolute Gasteiger partial charge is 0.491 e. The van der Waals surface area contributed by atoms with E-state index in [-0.39, 0.29) is 11.8 Å². The zero-order valence-corrected chi connectivity index (χ0v) is 13.0. The average molecular weight is 307 g/mol. The lowest BCUT2D eigenvalue weighted by Crippen LogP contribution is -2.07. The zero-order chi connectivity index (χ0) is 15.4. The minimum Gasteiger partial charge on any atom is -0.491 e. The monoisotopic (exact) mass is 307 g/mol. The van der Waals surface area contributed by atoms with Gasteiger partial charge in [0.1, 0.15) is 5.75 Å². The number of ether oxygens (including phenoxy) is 1. The number of thioether (sulfide) groups is 1. The summed E-state index contributed by atoms with van der Waals surface area (Å²) in [7, 11) is 1.91. The number of nitro groups is 1. The van der Waals surface area contributed by atoms with Gasteiger partial charge in [-0.1, -0.05) is 11.8 Å². The zero-order valence-electron chi connectivity index (χ0n) is 12.1. The topological polar surface area (TPSA) is 70.2 Å². The number of nitrogens with zero attached hydrogens (tertiary/aromatic N) is 3. The number of hydrogen-bond donors (Lipinski definition) is 0. The van der Waals surface area contributed by atoms with E-state index in [2.05, 4.69) is 4.98 Å². The molecule has 2 rings (SSSR count). The van der Waals surface area contributed by atoms with Gasteiger partial charge in [-0.15, -0.1) is 0 Å². The molecule has 21 heavy (non-hydrogen) atoms. The lowest BCUT2D eigenvalue weighted by molar-refractivity contribution is -0.384. The van der Waals surface area contributed by atoms with Crippen molar-refractivity contribution >= 4 is 17.4 Å². The first kappa shape index (κ1) is 15.4. The molecule has 0 fully saturated rings. The summed E-state index contributed by atoms with van der Waals surface area (Å²) in [6.07, 6.45) is 3.60. The molecule has 0 atom stereocenters. The molecule has 0 N–H and O–H groups in total. The van der Waals surface area contributed by atoms with Crippen molar-refractivity contribution in [2.24, 2.45) is 7.05 Å². The minimum absolute atomic E-state index is 0.0170. The summed E-state index contributed by atoms with van der Waals surface area (Å²) in [6, 6.07) is 4.69. The maximum atomic E-state index is 10.9. The molecule has 0 spiro atoms. The molecule has 7 heteroatoms. The normalized spacial score (nSPS) is 10.9. The lowest BCUT2D eigenvalue weighted by Gasteiger charge is -2.14. The van der Waals surface area contributed by atoms with Crippen LogP contribution in [0.3, 0.4) is 0 Å². The Balaban J connectivity index is 2.23. The SMILES string of the molecule is CC(C)Oc1ccc([N+](=O)[O-])cc1CSc1nccn1C. The van der Waals surface area contributed by atoms with Gasteiger partial charge in [0.25, 0.3) is 5.69 Å². The van der Waals surface area contributed by atoms with Gasteiger partial charge in [0.15, 0.2) is 5.16 Å². The summed E-state index contributed by atoms with van der Waals surface area (Å²) in [6.45, 7) is 3.86. The smallest absolute Gasteiger partial charge is 0.270 e. The summed E-state index contributed by atoms with van der Waals surface area (Å²) in [5.74, 6) is 1.24. The number of aromatic nitrogens is 2. The van der Waals surface area contributed by atoms with Gasteiger partial charge < -0.3 is 9.30 Å². The van der Waals surface area contributed by atoms with Crippen LogP contribution in [0.4, 0.5) is 5.69 Å².